The summed E-state index contributed by atoms with van der Waals surface area (Å²) in [5.41, 5.74) is 0.573. The second-order valence-corrected chi connectivity index (χ2v) is 3.53. The quantitative estimate of drug-likeness (QED) is 0.752. The molecular formula is C12H14FNO2. The summed E-state index contributed by atoms with van der Waals surface area (Å²) >= 11 is 0. The molecule has 0 aliphatic heterocycles. The van der Waals surface area contributed by atoms with Crippen LogP contribution in [0, 0.1) is 5.82 Å². The third-order valence-electron chi connectivity index (χ3n) is 2.30. The first-order valence-electron chi connectivity index (χ1n) is 4.91. The second-order valence-electron chi connectivity index (χ2n) is 3.53. The van der Waals surface area contributed by atoms with Crippen LogP contribution in [0.4, 0.5) is 4.39 Å². The molecule has 0 saturated heterocycles. The molecule has 0 spiro atoms. The molecule has 16 heavy (non-hydrogen) atoms. The van der Waals surface area contributed by atoms with Gasteiger partial charge in [-0.1, -0.05) is 24.8 Å². The third-order valence-corrected chi connectivity index (χ3v) is 2.30. The summed E-state index contributed by atoms with van der Waals surface area (Å²) in [6.07, 6.45) is 0. The van der Waals surface area contributed by atoms with Crippen LogP contribution in [0.5, 0.6) is 0 Å². The highest BCUT2D eigenvalue weighted by atomic mass is 19.1. The van der Waals surface area contributed by atoms with Crippen molar-refractivity contribution >= 4 is 5.97 Å². The van der Waals surface area contributed by atoms with Crippen molar-refractivity contribution < 1.29 is 14.3 Å². The van der Waals surface area contributed by atoms with Gasteiger partial charge in [0, 0.05) is 23.7 Å². The number of hydrogen-bond donors (Lipinski definition) is 2. The van der Waals surface area contributed by atoms with Gasteiger partial charge in [-0.15, -0.1) is 0 Å². The summed E-state index contributed by atoms with van der Waals surface area (Å²) in [4.78, 5) is 10.5. The molecule has 0 heterocycles. The molecule has 0 unspecified atom stereocenters. The zero-order valence-corrected chi connectivity index (χ0v) is 9.03. The van der Waals surface area contributed by atoms with Gasteiger partial charge >= 0.3 is 5.97 Å². The van der Waals surface area contributed by atoms with Crippen molar-refractivity contribution in [1.82, 2.24) is 5.32 Å². The number of aliphatic carboxylic acids is 1. The van der Waals surface area contributed by atoms with Crippen LogP contribution >= 0.6 is 0 Å². The first-order chi connectivity index (χ1) is 7.52. The summed E-state index contributed by atoms with van der Waals surface area (Å²) in [7, 11) is 0. The summed E-state index contributed by atoms with van der Waals surface area (Å²) in [5.74, 6) is -1.35. The Morgan fingerprint density at radius 1 is 1.56 bits per heavy atom. The van der Waals surface area contributed by atoms with E-state index in [4.69, 9.17) is 5.11 Å². The van der Waals surface area contributed by atoms with Crippen LogP contribution in [0.2, 0.25) is 0 Å². The van der Waals surface area contributed by atoms with Crippen LogP contribution < -0.4 is 5.32 Å². The van der Waals surface area contributed by atoms with Gasteiger partial charge in [0.2, 0.25) is 0 Å². The van der Waals surface area contributed by atoms with Gasteiger partial charge in [-0.05, 0) is 13.0 Å². The number of carboxylic acid groups (broad SMARTS) is 1. The van der Waals surface area contributed by atoms with Crippen molar-refractivity contribution in [2.45, 2.75) is 13.0 Å². The van der Waals surface area contributed by atoms with E-state index < -0.39 is 5.97 Å². The zero-order chi connectivity index (χ0) is 12.1. The van der Waals surface area contributed by atoms with Crippen LogP contribution in [-0.2, 0) is 4.79 Å². The Balaban J connectivity index is 2.60. The van der Waals surface area contributed by atoms with Crippen molar-refractivity contribution in [2.24, 2.45) is 0 Å². The van der Waals surface area contributed by atoms with E-state index in [1.807, 2.05) is 0 Å². The third kappa shape index (κ3) is 3.17. The standard InChI is InChI=1S/C12H14FNO2/c1-8(12(15)16)7-14-9(2)10-5-3-4-6-11(10)13/h3-6,9,14H,1,7H2,2H3,(H,15,16)/t9-/m1/s1. The van der Waals surface area contributed by atoms with Gasteiger partial charge in [0.1, 0.15) is 5.82 Å². The maximum Gasteiger partial charge on any atom is 0.332 e. The van der Waals surface area contributed by atoms with Crippen LogP contribution in [0.25, 0.3) is 0 Å². The predicted molar refractivity (Wildman–Crippen MR) is 59.6 cm³/mol. The van der Waals surface area contributed by atoms with E-state index in [0.717, 1.165) is 0 Å². The monoisotopic (exact) mass is 223 g/mol. The molecule has 3 nitrogen and oxygen atoms in total. The van der Waals surface area contributed by atoms with E-state index in [9.17, 15) is 9.18 Å². The summed E-state index contributed by atoms with van der Waals surface area (Å²) < 4.78 is 13.3. The van der Waals surface area contributed by atoms with E-state index in [2.05, 4.69) is 11.9 Å². The topological polar surface area (TPSA) is 49.3 Å². The Bertz CT molecular complexity index is 404. The Morgan fingerprint density at radius 3 is 2.75 bits per heavy atom. The van der Waals surface area contributed by atoms with Gasteiger partial charge in [0.25, 0.3) is 0 Å². The molecule has 1 aromatic carbocycles. The lowest BCUT2D eigenvalue weighted by molar-refractivity contribution is -0.132. The number of halogens is 1. The molecule has 1 rings (SSSR count). The zero-order valence-electron chi connectivity index (χ0n) is 9.03. The molecule has 1 aromatic rings. The number of rotatable bonds is 5. The highest BCUT2D eigenvalue weighted by Crippen LogP contribution is 2.15. The van der Waals surface area contributed by atoms with Gasteiger partial charge in [-0.25, -0.2) is 9.18 Å². The van der Waals surface area contributed by atoms with E-state index in [1.165, 1.54) is 6.07 Å². The number of carboxylic acids is 1. The lowest BCUT2D eigenvalue weighted by Gasteiger charge is -2.14. The summed E-state index contributed by atoms with van der Waals surface area (Å²) in [5, 5.41) is 11.5. The molecule has 0 bridgehead atoms. The fourth-order valence-corrected chi connectivity index (χ4v) is 1.29. The highest BCUT2D eigenvalue weighted by molar-refractivity contribution is 5.86. The Labute approximate surface area is 93.6 Å². The van der Waals surface area contributed by atoms with Crippen molar-refractivity contribution in [2.75, 3.05) is 6.54 Å². The van der Waals surface area contributed by atoms with Gasteiger partial charge < -0.3 is 10.4 Å². The Hall–Kier alpha value is -1.68. The molecule has 2 N–H and O–H groups in total. The molecule has 0 radical (unpaired) electrons. The molecule has 0 aliphatic carbocycles. The van der Waals surface area contributed by atoms with E-state index >= 15 is 0 Å². The van der Waals surface area contributed by atoms with Gasteiger partial charge in [-0.3, -0.25) is 0 Å². The average Bonchev–Trinajstić information content (AvgIpc) is 2.25. The van der Waals surface area contributed by atoms with Gasteiger partial charge in [0.05, 0.1) is 0 Å². The lowest BCUT2D eigenvalue weighted by atomic mass is 10.1. The van der Waals surface area contributed by atoms with Crippen LogP contribution in [-0.4, -0.2) is 17.6 Å². The van der Waals surface area contributed by atoms with Crippen molar-refractivity contribution in [3.05, 3.63) is 47.8 Å². The van der Waals surface area contributed by atoms with Crippen LogP contribution in [0.3, 0.4) is 0 Å². The first-order valence-corrected chi connectivity index (χ1v) is 4.91. The van der Waals surface area contributed by atoms with Crippen LogP contribution in [0.1, 0.15) is 18.5 Å². The molecule has 0 aromatic heterocycles. The number of nitrogens with one attached hydrogen (secondary N) is 1. The molecule has 1 atom stereocenters. The fraction of sp³-hybridized carbons (Fsp3) is 0.250. The molecule has 0 saturated carbocycles. The summed E-state index contributed by atoms with van der Waals surface area (Å²) in [6, 6.07) is 6.14. The minimum absolute atomic E-state index is 0.0585. The maximum atomic E-state index is 13.3. The molecular weight excluding hydrogens is 209 g/mol. The van der Waals surface area contributed by atoms with E-state index in [1.54, 1.807) is 25.1 Å². The highest BCUT2D eigenvalue weighted by Gasteiger charge is 2.11. The van der Waals surface area contributed by atoms with Gasteiger partial charge in [-0.2, -0.15) is 0 Å². The average molecular weight is 223 g/mol. The fourth-order valence-electron chi connectivity index (χ4n) is 1.29. The smallest absolute Gasteiger partial charge is 0.332 e. The maximum absolute atomic E-state index is 13.3. The van der Waals surface area contributed by atoms with Gasteiger partial charge in [0.15, 0.2) is 0 Å². The number of carbonyl (C=O) groups is 1. The normalized spacial score (nSPS) is 12.1. The molecule has 0 aliphatic rings. The first kappa shape index (κ1) is 12.4. The van der Waals surface area contributed by atoms with Crippen molar-refractivity contribution in [1.29, 1.82) is 0 Å². The molecule has 0 fully saturated rings. The minimum Gasteiger partial charge on any atom is -0.478 e. The number of benzene rings is 1. The predicted octanol–water partition coefficient (Wildman–Crippen LogP) is 2.12. The summed E-state index contributed by atoms with van der Waals surface area (Å²) in [6.45, 7) is 5.29. The SMILES string of the molecule is C=C(CN[C@H](C)c1ccccc1F)C(=O)O. The van der Waals surface area contributed by atoms with E-state index in [0.29, 0.717) is 5.56 Å². The number of hydrogen-bond acceptors (Lipinski definition) is 2. The lowest BCUT2D eigenvalue weighted by Crippen LogP contribution is -2.24. The second kappa shape index (κ2) is 5.42. The van der Waals surface area contributed by atoms with Crippen molar-refractivity contribution in [3.63, 3.8) is 0 Å². The minimum atomic E-state index is -1.05. The van der Waals surface area contributed by atoms with E-state index in [-0.39, 0.29) is 24.0 Å². The molecule has 4 heteroatoms. The Kier molecular flexibility index (Phi) is 4.19. The molecule has 86 valence electrons. The van der Waals surface area contributed by atoms with Crippen LogP contribution in [0.15, 0.2) is 36.4 Å². The van der Waals surface area contributed by atoms with Crippen molar-refractivity contribution in [3.8, 4) is 0 Å². The molecule has 0 amide bonds. The largest absolute Gasteiger partial charge is 0.478 e. The Morgan fingerprint density at radius 2 is 2.19 bits per heavy atom.